The quantitative estimate of drug-likeness (QED) is 0.731. The first-order chi connectivity index (χ1) is 7.20. The van der Waals surface area contributed by atoms with Crippen molar-refractivity contribution in [2.45, 2.75) is 38.3 Å². The highest BCUT2D eigenvalue weighted by atomic mass is 15.3. The van der Waals surface area contributed by atoms with Crippen LogP contribution in [0, 0.1) is 5.92 Å². The summed E-state index contributed by atoms with van der Waals surface area (Å²) in [7, 11) is 2.24. The summed E-state index contributed by atoms with van der Waals surface area (Å²) < 4.78 is 0. The second-order valence-electron chi connectivity index (χ2n) is 5.44. The lowest BCUT2D eigenvalue weighted by Crippen LogP contribution is -2.48. The second-order valence-corrected chi connectivity index (χ2v) is 5.44. The molecule has 88 valence electrons. The number of nitrogens with zero attached hydrogens (tertiary/aromatic N) is 2. The number of likely N-dealkylation sites (tertiary alicyclic amines) is 2. The predicted molar refractivity (Wildman–Crippen MR) is 63.8 cm³/mol. The molecule has 3 atom stereocenters. The van der Waals surface area contributed by atoms with Crippen LogP contribution in [0.1, 0.15) is 26.2 Å². The summed E-state index contributed by atoms with van der Waals surface area (Å²) in [5.74, 6) is 0.743. The highest BCUT2D eigenvalue weighted by molar-refractivity contribution is 4.90. The van der Waals surface area contributed by atoms with Crippen LogP contribution in [0.5, 0.6) is 0 Å². The minimum atomic E-state index is 0.743. The molecule has 2 aliphatic rings. The number of piperidine rings is 1. The van der Waals surface area contributed by atoms with Gasteiger partial charge in [0.15, 0.2) is 0 Å². The van der Waals surface area contributed by atoms with Gasteiger partial charge in [-0.1, -0.05) is 0 Å². The zero-order valence-corrected chi connectivity index (χ0v) is 10.2. The van der Waals surface area contributed by atoms with Gasteiger partial charge in [-0.05, 0) is 52.2 Å². The van der Waals surface area contributed by atoms with Gasteiger partial charge in [0.05, 0.1) is 0 Å². The van der Waals surface area contributed by atoms with Gasteiger partial charge in [-0.15, -0.1) is 0 Å². The number of hydrogen-bond donors (Lipinski definition) is 1. The van der Waals surface area contributed by atoms with E-state index in [4.69, 9.17) is 5.73 Å². The van der Waals surface area contributed by atoms with E-state index in [0.29, 0.717) is 0 Å². The van der Waals surface area contributed by atoms with Gasteiger partial charge >= 0.3 is 0 Å². The number of likely N-dealkylation sites (N-methyl/N-ethyl adjacent to an activating group) is 1. The molecule has 3 heteroatoms. The molecule has 0 aromatic rings. The lowest BCUT2D eigenvalue weighted by atomic mass is 10.0. The van der Waals surface area contributed by atoms with Crippen LogP contribution in [0.15, 0.2) is 0 Å². The Morgan fingerprint density at radius 3 is 2.73 bits per heavy atom. The molecule has 3 nitrogen and oxygen atoms in total. The lowest BCUT2D eigenvalue weighted by molar-refractivity contribution is 0.105. The molecule has 0 aliphatic carbocycles. The number of hydrogen-bond acceptors (Lipinski definition) is 3. The third-order valence-electron chi connectivity index (χ3n) is 4.11. The average molecular weight is 211 g/mol. The van der Waals surface area contributed by atoms with Crippen LogP contribution >= 0.6 is 0 Å². The maximum atomic E-state index is 5.78. The topological polar surface area (TPSA) is 32.5 Å². The molecule has 0 spiro atoms. The zero-order valence-electron chi connectivity index (χ0n) is 10.2. The van der Waals surface area contributed by atoms with Gasteiger partial charge < -0.3 is 10.6 Å². The molecule has 2 rings (SSSR count). The van der Waals surface area contributed by atoms with Gasteiger partial charge in [-0.3, -0.25) is 4.90 Å². The van der Waals surface area contributed by atoms with E-state index in [1.54, 1.807) is 0 Å². The Morgan fingerprint density at radius 1 is 1.33 bits per heavy atom. The molecular formula is C12H25N3. The summed E-state index contributed by atoms with van der Waals surface area (Å²) in [4.78, 5) is 5.17. The van der Waals surface area contributed by atoms with Crippen molar-refractivity contribution in [3.05, 3.63) is 0 Å². The summed E-state index contributed by atoms with van der Waals surface area (Å²) in [5, 5.41) is 0. The Bertz CT molecular complexity index is 207. The Labute approximate surface area is 93.6 Å². The summed E-state index contributed by atoms with van der Waals surface area (Å²) >= 11 is 0. The predicted octanol–water partition coefficient (Wildman–Crippen LogP) is 0.750. The molecule has 0 bridgehead atoms. The van der Waals surface area contributed by atoms with Crippen LogP contribution < -0.4 is 5.73 Å². The van der Waals surface area contributed by atoms with Gasteiger partial charge in [0.25, 0.3) is 0 Å². The summed E-state index contributed by atoms with van der Waals surface area (Å²) in [6, 6.07) is 1.53. The molecule has 2 aliphatic heterocycles. The molecule has 0 aromatic heterocycles. The molecule has 2 fully saturated rings. The van der Waals surface area contributed by atoms with Crippen molar-refractivity contribution in [1.29, 1.82) is 0 Å². The summed E-state index contributed by atoms with van der Waals surface area (Å²) in [6.45, 7) is 6.99. The normalized spacial score (nSPS) is 39.8. The van der Waals surface area contributed by atoms with Crippen LogP contribution in [0.3, 0.4) is 0 Å². The van der Waals surface area contributed by atoms with E-state index in [-0.39, 0.29) is 0 Å². The molecular weight excluding hydrogens is 186 g/mol. The molecule has 3 unspecified atom stereocenters. The van der Waals surface area contributed by atoms with Crippen molar-refractivity contribution in [1.82, 2.24) is 9.80 Å². The van der Waals surface area contributed by atoms with Gasteiger partial charge in [-0.25, -0.2) is 0 Å². The molecule has 0 radical (unpaired) electrons. The average Bonchev–Trinajstić information content (AvgIpc) is 2.60. The Balaban J connectivity index is 1.92. The smallest absolute Gasteiger partial charge is 0.0226 e. The first-order valence-electron chi connectivity index (χ1n) is 6.35. The third-order valence-corrected chi connectivity index (χ3v) is 4.11. The maximum Gasteiger partial charge on any atom is 0.0226 e. The first-order valence-corrected chi connectivity index (χ1v) is 6.35. The molecule has 2 saturated heterocycles. The van der Waals surface area contributed by atoms with Crippen molar-refractivity contribution in [2.24, 2.45) is 11.7 Å². The third kappa shape index (κ3) is 2.52. The highest BCUT2D eigenvalue weighted by Crippen LogP contribution is 2.27. The fraction of sp³-hybridized carbons (Fsp3) is 1.00. The Hall–Kier alpha value is -0.120. The molecule has 15 heavy (non-hydrogen) atoms. The Morgan fingerprint density at radius 2 is 2.13 bits per heavy atom. The van der Waals surface area contributed by atoms with Gasteiger partial charge in [-0.2, -0.15) is 0 Å². The van der Waals surface area contributed by atoms with Gasteiger partial charge in [0.2, 0.25) is 0 Å². The van der Waals surface area contributed by atoms with E-state index >= 15 is 0 Å². The highest BCUT2D eigenvalue weighted by Gasteiger charge is 2.34. The fourth-order valence-electron chi connectivity index (χ4n) is 3.26. The van der Waals surface area contributed by atoms with Crippen molar-refractivity contribution in [3.8, 4) is 0 Å². The molecule has 2 N–H and O–H groups in total. The zero-order chi connectivity index (χ0) is 10.8. The van der Waals surface area contributed by atoms with E-state index in [1.165, 1.54) is 38.9 Å². The minimum absolute atomic E-state index is 0.743. The van der Waals surface area contributed by atoms with E-state index < -0.39 is 0 Å². The molecule has 0 amide bonds. The second kappa shape index (κ2) is 4.81. The van der Waals surface area contributed by atoms with E-state index in [1.807, 2.05) is 0 Å². The van der Waals surface area contributed by atoms with Gasteiger partial charge in [0.1, 0.15) is 0 Å². The largest absolute Gasteiger partial charge is 0.330 e. The monoisotopic (exact) mass is 211 g/mol. The molecule has 2 heterocycles. The van der Waals surface area contributed by atoms with E-state index in [0.717, 1.165) is 24.5 Å². The van der Waals surface area contributed by atoms with Crippen molar-refractivity contribution >= 4 is 0 Å². The summed E-state index contributed by atoms with van der Waals surface area (Å²) in [5.41, 5.74) is 5.78. The molecule has 0 aromatic carbocycles. The van der Waals surface area contributed by atoms with E-state index in [2.05, 4.69) is 23.8 Å². The maximum absolute atomic E-state index is 5.78. The minimum Gasteiger partial charge on any atom is -0.330 e. The van der Waals surface area contributed by atoms with Crippen LogP contribution in [0.25, 0.3) is 0 Å². The van der Waals surface area contributed by atoms with Crippen molar-refractivity contribution < 1.29 is 0 Å². The van der Waals surface area contributed by atoms with Crippen LogP contribution in [-0.4, -0.2) is 55.1 Å². The lowest BCUT2D eigenvalue weighted by Gasteiger charge is -2.38. The van der Waals surface area contributed by atoms with Crippen LogP contribution in [0.2, 0.25) is 0 Å². The number of rotatable bonds is 2. The fourth-order valence-corrected chi connectivity index (χ4v) is 3.26. The van der Waals surface area contributed by atoms with E-state index in [9.17, 15) is 0 Å². The van der Waals surface area contributed by atoms with Crippen LogP contribution in [-0.2, 0) is 0 Å². The van der Waals surface area contributed by atoms with Crippen molar-refractivity contribution in [3.63, 3.8) is 0 Å². The molecule has 0 saturated carbocycles. The summed E-state index contributed by atoms with van der Waals surface area (Å²) in [6.07, 6.45) is 4.04. The van der Waals surface area contributed by atoms with Crippen molar-refractivity contribution in [2.75, 3.05) is 33.2 Å². The van der Waals surface area contributed by atoms with Gasteiger partial charge in [0, 0.05) is 25.2 Å². The van der Waals surface area contributed by atoms with Crippen LogP contribution in [0.4, 0.5) is 0 Å². The first kappa shape index (κ1) is 11.4. The standard InChI is InChI=1S/C12H25N3/c1-10-6-11(7-13)8-15(10)12-4-3-5-14(2)9-12/h10-12H,3-9,13H2,1-2H3. The number of nitrogens with two attached hydrogens (primary N) is 1. The SMILES string of the molecule is CC1CC(CN)CN1C1CCCN(C)C1. The Kier molecular flexibility index (Phi) is 3.65.